The van der Waals surface area contributed by atoms with E-state index in [1.165, 1.54) is 24.0 Å². The van der Waals surface area contributed by atoms with Gasteiger partial charge >= 0.3 is 0 Å². The first-order valence-corrected chi connectivity index (χ1v) is 8.28. The number of benzene rings is 1. The van der Waals surface area contributed by atoms with E-state index >= 15 is 0 Å². The summed E-state index contributed by atoms with van der Waals surface area (Å²) in [5.41, 5.74) is 6.06. The Labute approximate surface area is 129 Å². The Hall–Kier alpha value is -1.27. The van der Waals surface area contributed by atoms with Crippen LogP contribution < -0.4 is 11.1 Å². The number of thioether (sulfide) groups is 1. The van der Waals surface area contributed by atoms with Crippen LogP contribution in [0.5, 0.6) is 0 Å². The van der Waals surface area contributed by atoms with E-state index in [2.05, 4.69) is 17.1 Å². The summed E-state index contributed by atoms with van der Waals surface area (Å²) < 4.78 is 13.0. The van der Waals surface area contributed by atoms with Crippen LogP contribution in [0.25, 0.3) is 0 Å². The van der Waals surface area contributed by atoms with Crippen LogP contribution in [0, 0.1) is 5.82 Å². The first-order valence-electron chi connectivity index (χ1n) is 7.23. The number of amides is 1. The van der Waals surface area contributed by atoms with Gasteiger partial charge in [0.1, 0.15) is 5.82 Å². The van der Waals surface area contributed by atoms with Gasteiger partial charge in [0.05, 0.1) is 5.69 Å². The summed E-state index contributed by atoms with van der Waals surface area (Å²) in [4.78, 5) is 14.3. The van der Waals surface area contributed by atoms with Crippen LogP contribution in [0.4, 0.5) is 15.8 Å². The smallest absolute Gasteiger partial charge is 0.224 e. The van der Waals surface area contributed by atoms with Gasteiger partial charge in [-0.3, -0.25) is 4.79 Å². The molecule has 21 heavy (non-hydrogen) atoms. The summed E-state index contributed by atoms with van der Waals surface area (Å²) in [7, 11) is 0. The summed E-state index contributed by atoms with van der Waals surface area (Å²) in [6.45, 7) is 5.39. The molecule has 1 fully saturated rings. The number of rotatable bonds is 5. The van der Waals surface area contributed by atoms with Crippen molar-refractivity contribution < 1.29 is 9.18 Å². The maximum Gasteiger partial charge on any atom is 0.224 e. The van der Waals surface area contributed by atoms with Crippen LogP contribution in [0.1, 0.15) is 19.8 Å². The predicted octanol–water partition coefficient (Wildman–Crippen LogP) is 2.56. The van der Waals surface area contributed by atoms with E-state index in [1.807, 2.05) is 11.8 Å². The highest BCUT2D eigenvalue weighted by atomic mass is 32.2. The third-order valence-electron chi connectivity index (χ3n) is 3.48. The van der Waals surface area contributed by atoms with Crippen molar-refractivity contribution in [2.45, 2.75) is 25.0 Å². The molecule has 1 aliphatic heterocycles. The minimum atomic E-state index is -0.468. The molecule has 1 saturated heterocycles. The molecule has 6 heteroatoms. The molecule has 1 aliphatic rings. The Morgan fingerprint density at radius 1 is 1.57 bits per heavy atom. The zero-order chi connectivity index (χ0) is 15.2. The van der Waals surface area contributed by atoms with Crippen molar-refractivity contribution in [3.63, 3.8) is 0 Å². The maximum absolute atomic E-state index is 13.0. The second-order valence-electron chi connectivity index (χ2n) is 5.37. The second-order valence-corrected chi connectivity index (χ2v) is 6.92. The Kier molecular flexibility index (Phi) is 5.87. The molecule has 4 nitrogen and oxygen atoms in total. The van der Waals surface area contributed by atoms with Gasteiger partial charge in [0.25, 0.3) is 0 Å². The minimum absolute atomic E-state index is 0.0487. The highest BCUT2D eigenvalue weighted by Crippen LogP contribution is 2.18. The average molecular weight is 311 g/mol. The number of nitrogen functional groups attached to an aromatic ring is 1. The maximum atomic E-state index is 13.0. The number of halogens is 1. The van der Waals surface area contributed by atoms with Gasteiger partial charge in [0.2, 0.25) is 5.91 Å². The molecule has 116 valence electrons. The Balaban J connectivity index is 1.70. The molecule has 1 aromatic carbocycles. The minimum Gasteiger partial charge on any atom is -0.396 e. The Bertz CT molecular complexity index is 498. The Morgan fingerprint density at radius 2 is 2.38 bits per heavy atom. The summed E-state index contributed by atoms with van der Waals surface area (Å²) in [6, 6.07) is 4.22. The fourth-order valence-corrected chi connectivity index (χ4v) is 3.48. The van der Waals surface area contributed by atoms with Gasteiger partial charge < -0.3 is 16.0 Å². The lowest BCUT2D eigenvalue weighted by molar-refractivity contribution is -0.116. The molecule has 0 aromatic heterocycles. The highest BCUT2D eigenvalue weighted by Gasteiger charge is 2.16. The fraction of sp³-hybridized carbons (Fsp3) is 0.533. The summed E-state index contributed by atoms with van der Waals surface area (Å²) in [5, 5.41) is 3.42. The second kappa shape index (κ2) is 7.66. The molecule has 2 rings (SSSR count). The SMILES string of the molecule is CC1CN(CCCC(=O)Nc2ccc(F)c(N)c2)CCS1. The van der Waals surface area contributed by atoms with E-state index in [-0.39, 0.29) is 11.6 Å². The van der Waals surface area contributed by atoms with E-state index in [0.717, 1.165) is 26.1 Å². The zero-order valence-corrected chi connectivity index (χ0v) is 13.1. The molecule has 0 aliphatic carbocycles. The Morgan fingerprint density at radius 3 is 3.10 bits per heavy atom. The van der Waals surface area contributed by atoms with E-state index in [4.69, 9.17) is 5.73 Å². The van der Waals surface area contributed by atoms with Crippen LogP contribution in [0.2, 0.25) is 0 Å². The topological polar surface area (TPSA) is 58.4 Å². The monoisotopic (exact) mass is 311 g/mol. The molecule has 0 saturated carbocycles. The molecule has 1 aromatic rings. The molecule has 1 unspecified atom stereocenters. The molecule has 3 N–H and O–H groups in total. The molecule has 1 heterocycles. The van der Waals surface area contributed by atoms with Crippen LogP contribution in [0.3, 0.4) is 0 Å². The number of nitrogens with one attached hydrogen (secondary N) is 1. The van der Waals surface area contributed by atoms with Crippen molar-refractivity contribution >= 4 is 29.0 Å². The molecular formula is C15H22FN3OS. The van der Waals surface area contributed by atoms with Gasteiger partial charge in [-0.25, -0.2) is 4.39 Å². The number of anilines is 2. The van der Waals surface area contributed by atoms with Crippen molar-refractivity contribution in [1.29, 1.82) is 0 Å². The zero-order valence-electron chi connectivity index (χ0n) is 12.3. The number of carbonyl (C=O) groups is 1. The fourth-order valence-electron chi connectivity index (χ4n) is 2.40. The molecule has 1 atom stereocenters. The van der Waals surface area contributed by atoms with Crippen LogP contribution >= 0.6 is 11.8 Å². The standard InChI is InChI=1S/C15H22FN3OS/c1-11-10-19(7-8-21-11)6-2-3-15(20)18-12-4-5-13(16)14(17)9-12/h4-5,9,11H,2-3,6-8,10,17H2,1H3,(H,18,20). The van der Waals surface area contributed by atoms with E-state index in [1.54, 1.807) is 0 Å². The molecule has 0 spiro atoms. The normalized spacial score (nSPS) is 19.4. The van der Waals surface area contributed by atoms with Crippen molar-refractivity contribution in [3.05, 3.63) is 24.0 Å². The predicted molar refractivity (Wildman–Crippen MR) is 87.0 cm³/mol. The third-order valence-corrected chi connectivity index (χ3v) is 4.62. The van der Waals surface area contributed by atoms with Crippen molar-refractivity contribution in [2.24, 2.45) is 0 Å². The lowest BCUT2D eigenvalue weighted by Gasteiger charge is -2.30. The van der Waals surface area contributed by atoms with Crippen molar-refractivity contribution in [1.82, 2.24) is 4.90 Å². The van der Waals surface area contributed by atoms with E-state index in [0.29, 0.717) is 17.4 Å². The van der Waals surface area contributed by atoms with Crippen molar-refractivity contribution in [3.8, 4) is 0 Å². The van der Waals surface area contributed by atoms with Crippen LogP contribution in [-0.2, 0) is 4.79 Å². The average Bonchev–Trinajstić information content (AvgIpc) is 2.43. The van der Waals surface area contributed by atoms with Gasteiger partial charge in [-0.1, -0.05) is 6.92 Å². The van der Waals surface area contributed by atoms with Gasteiger partial charge in [-0.15, -0.1) is 0 Å². The first-order chi connectivity index (χ1) is 10.0. The van der Waals surface area contributed by atoms with Crippen LogP contribution in [0.15, 0.2) is 18.2 Å². The largest absolute Gasteiger partial charge is 0.396 e. The van der Waals surface area contributed by atoms with Gasteiger partial charge in [-0.05, 0) is 31.2 Å². The van der Waals surface area contributed by atoms with E-state index < -0.39 is 5.82 Å². The van der Waals surface area contributed by atoms with Crippen molar-refractivity contribution in [2.75, 3.05) is 36.4 Å². The number of hydrogen-bond acceptors (Lipinski definition) is 4. The van der Waals surface area contributed by atoms with Gasteiger partial charge in [0.15, 0.2) is 0 Å². The van der Waals surface area contributed by atoms with Gasteiger partial charge in [-0.2, -0.15) is 11.8 Å². The number of nitrogens with zero attached hydrogens (tertiary/aromatic N) is 1. The number of nitrogens with two attached hydrogens (primary N) is 1. The molecular weight excluding hydrogens is 289 g/mol. The summed E-state index contributed by atoms with van der Waals surface area (Å²) >= 11 is 2.00. The number of carbonyl (C=O) groups excluding carboxylic acids is 1. The lowest BCUT2D eigenvalue weighted by Crippen LogP contribution is -2.37. The third kappa shape index (κ3) is 5.21. The van der Waals surface area contributed by atoms with Crippen LogP contribution in [-0.4, -0.2) is 41.4 Å². The summed E-state index contributed by atoms with van der Waals surface area (Å²) in [5.74, 6) is 0.646. The molecule has 0 radical (unpaired) electrons. The summed E-state index contributed by atoms with van der Waals surface area (Å²) in [6.07, 6.45) is 1.30. The van der Waals surface area contributed by atoms with Gasteiger partial charge in [0, 0.05) is 36.2 Å². The molecule has 0 bridgehead atoms. The number of hydrogen-bond donors (Lipinski definition) is 2. The highest BCUT2D eigenvalue weighted by molar-refractivity contribution is 7.99. The first kappa shape index (κ1) is 16.1. The quantitative estimate of drug-likeness (QED) is 0.821. The lowest BCUT2D eigenvalue weighted by atomic mass is 10.2. The van der Waals surface area contributed by atoms with E-state index in [9.17, 15) is 9.18 Å². The molecule has 1 amide bonds.